The molecule has 134 valence electrons. The normalized spacial score (nSPS) is 10.6. The lowest BCUT2D eigenvalue weighted by molar-refractivity contribution is 0.0531. The summed E-state index contributed by atoms with van der Waals surface area (Å²) in [5, 5.41) is 0.758. The Kier molecular flexibility index (Phi) is 5.68. The van der Waals surface area contributed by atoms with E-state index in [-0.39, 0.29) is 5.97 Å². The molecule has 0 unspecified atom stereocenters. The molecule has 0 radical (unpaired) electrons. The highest BCUT2D eigenvalue weighted by Crippen LogP contribution is 2.24. The smallest absolute Gasteiger partial charge is 0.350 e. The van der Waals surface area contributed by atoms with E-state index >= 15 is 0 Å². The second-order valence-corrected chi connectivity index (χ2v) is 7.01. The molecule has 0 amide bonds. The molecule has 0 N–H and O–H groups in total. The van der Waals surface area contributed by atoms with E-state index in [0.717, 1.165) is 16.3 Å². The maximum absolute atomic E-state index is 11.9. The van der Waals surface area contributed by atoms with E-state index in [1.807, 2.05) is 31.2 Å². The van der Waals surface area contributed by atoms with Crippen LogP contribution in [-0.4, -0.2) is 17.6 Å². The van der Waals surface area contributed by atoms with Crippen molar-refractivity contribution < 1.29 is 14.3 Å². The Morgan fingerprint density at radius 3 is 2.23 bits per heavy atom. The molecule has 4 nitrogen and oxygen atoms in total. The van der Waals surface area contributed by atoms with Crippen LogP contribution in [0.5, 0.6) is 5.75 Å². The second kappa shape index (κ2) is 8.15. The van der Waals surface area contributed by atoms with Crippen molar-refractivity contribution in [1.82, 2.24) is 4.98 Å². The number of rotatable bonds is 6. The summed E-state index contributed by atoms with van der Waals surface area (Å²) in [4.78, 5) is 16.8. The molecule has 3 rings (SSSR count). The molecule has 0 saturated carbocycles. The first kappa shape index (κ1) is 18.1. The minimum absolute atomic E-state index is 0.323. The Morgan fingerprint density at radius 1 is 1.00 bits per heavy atom. The minimum atomic E-state index is -0.323. The second-order valence-electron chi connectivity index (χ2n) is 5.92. The van der Waals surface area contributed by atoms with Crippen molar-refractivity contribution in [2.75, 3.05) is 6.61 Å². The summed E-state index contributed by atoms with van der Waals surface area (Å²) in [6.45, 7) is 6.36. The molecule has 0 bridgehead atoms. The van der Waals surface area contributed by atoms with Gasteiger partial charge in [-0.1, -0.05) is 42.0 Å². The first-order valence-electron chi connectivity index (χ1n) is 8.50. The number of carbonyl (C=O) groups excluding carboxylic acids is 1. The molecule has 0 aliphatic heterocycles. The zero-order chi connectivity index (χ0) is 18.5. The van der Waals surface area contributed by atoms with E-state index in [4.69, 9.17) is 9.47 Å². The lowest BCUT2D eigenvalue weighted by Crippen LogP contribution is -2.03. The van der Waals surface area contributed by atoms with Gasteiger partial charge in [-0.2, -0.15) is 0 Å². The number of esters is 1. The van der Waals surface area contributed by atoms with Gasteiger partial charge in [-0.3, -0.25) is 0 Å². The molecule has 0 spiro atoms. The van der Waals surface area contributed by atoms with Crippen molar-refractivity contribution in [2.45, 2.75) is 27.4 Å². The van der Waals surface area contributed by atoms with Gasteiger partial charge >= 0.3 is 5.97 Å². The molecule has 0 aliphatic carbocycles. The fraction of sp³-hybridized carbons (Fsp3) is 0.238. The van der Waals surface area contributed by atoms with Crippen LogP contribution in [0.2, 0.25) is 0 Å². The third kappa shape index (κ3) is 4.29. The van der Waals surface area contributed by atoms with E-state index in [0.29, 0.717) is 23.8 Å². The Hall–Kier alpha value is -2.66. The number of benzene rings is 2. The maximum atomic E-state index is 11.9. The van der Waals surface area contributed by atoms with Crippen LogP contribution in [0.25, 0.3) is 11.1 Å². The van der Waals surface area contributed by atoms with Crippen molar-refractivity contribution in [3.05, 3.63) is 69.7 Å². The number of aromatic nitrogens is 1. The van der Waals surface area contributed by atoms with Gasteiger partial charge in [0.05, 0.1) is 12.3 Å². The summed E-state index contributed by atoms with van der Waals surface area (Å²) < 4.78 is 10.8. The molecule has 0 fully saturated rings. The van der Waals surface area contributed by atoms with Crippen molar-refractivity contribution in [3.8, 4) is 16.9 Å². The molecule has 0 aliphatic rings. The maximum Gasteiger partial charge on any atom is 0.350 e. The molecule has 2 aromatic carbocycles. The predicted octanol–water partition coefficient (Wildman–Crippen LogP) is 5.18. The summed E-state index contributed by atoms with van der Waals surface area (Å²) in [6.07, 6.45) is 0. The van der Waals surface area contributed by atoms with Gasteiger partial charge in [-0.05, 0) is 44.0 Å². The highest BCUT2D eigenvalue weighted by atomic mass is 32.1. The Labute approximate surface area is 157 Å². The third-order valence-corrected chi connectivity index (χ3v) is 5.01. The summed E-state index contributed by atoms with van der Waals surface area (Å²) in [6, 6.07) is 16.4. The minimum Gasteiger partial charge on any atom is -0.486 e. The van der Waals surface area contributed by atoms with Crippen LogP contribution < -0.4 is 4.74 Å². The van der Waals surface area contributed by atoms with Crippen LogP contribution in [0.1, 0.15) is 32.9 Å². The molecular formula is C21H21NO3S. The quantitative estimate of drug-likeness (QED) is 0.563. The summed E-state index contributed by atoms with van der Waals surface area (Å²) in [7, 11) is 0. The van der Waals surface area contributed by atoms with E-state index in [2.05, 4.69) is 36.2 Å². The van der Waals surface area contributed by atoms with Gasteiger partial charge < -0.3 is 9.47 Å². The molecule has 1 heterocycles. The SMILES string of the molecule is CCOC(=O)c1sc(COc2ccc(-c3ccc(C)cc3)cc2)nc1C. The van der Waals surface area contributed by atoms with E-state index in [1.54, 1.807) is 6.92 Å². The van der Waals surface area contributed by atoms with Gasteiger partial charge in [0.15, 0.2) is 0 Å². The third-order valence-electron chi connectivity index (χ3n) is 3.90. The van der Waals surface area contributed by atoms with Crippen molar-refractivity contribution in [1.29, 1.82) is 0 Å². The van der Waals surface area contributed by atoms with Crippen LogP contribution in [0, 0.1) is 13.8 Å². The number of aryl methyl sites for hydroxylation is 2. The zero-order valence-electron chi connectivity index (χ0n) is 15.1. The van der Waals surface area contributed by atoms with Crippen LogP contribution in [0.4, 0.5) is 0 Å². The van der Waals surface area contributed by atoms with Crippen LogP contribution in [-0.2, 0) is 11.3 Å². The number of hydrogen-bond acceptors (Lipinski definition) is 5. The standard InChI is InChI=1S/C21H21NO3S/c1-4-24-21(23)20-15(3)22-19(26-20)13-25-18-11-9-17(10-12-18)16-7-5-14(2)6-8-16/h5-12H,4,13H2,1-3H3. The van der Waals surface area contributed by atoms with Crippen LogP contribution in [0.15, 0.2) is 48.5 Å². The van der Waals surface area contributed by atoms with E-state index in [9.17, 15) is 4.79 Å². The number of carbonyl (C=O) groups is 1. The monoisotopic (exact) mass is 367 g/mol. The molecular weight excluding hydrogens is 346 g/mol. The van der Waals surface area contributed by atoms with Gasteiger partial charge in [-0.15, -0.1) is 11.3 Å². The first-order chi connectivity index (χ1) is 12.6. The number of thiazole rings is 1. The Bertz CT molecular complexity index is 883. The number of hydrogen-bond donors (Lipinski definition) is 0. The molecule has 0 saturated heterocycles. The van der Waals surface area contributed by atoms with Gasteiger partial charge in [-0.25, -0.2) is 9.78 Å². The first-order valence-corrected chi connectivity index (χ1v) is 9.32. The molecule has 26 heavy (non-hydrogen) atoms. The Morgan fingerprint density at radius 2 is 1.62 bits per heavy atom. The van der Waals surface area contributed by atoms with Crippen LogP contribution in [0.3, 0.4) is 0 Å². The Balaban J connectivity index is 1.64. The van der Waals surface area contributed by atoms with Gasteiger partial charge in [0.1, 0.15) is 22.2 Å². The largest absolute Gasteiger partial charge is 0.486 e. The molecule has 3 aromatic rings. The lowest BCUT2D eigenvalue weighted by atomic mass is 10.0. The van der Waals surface area contributed by atoms with Crippen molar-refractivity contribution >= 4 is 17.3 Å². The summed E-state index contributed by atoms with van der Waals surface area (Å²) >= 11 is 1.32. The van der Waals surface area contributed by atoms with Gasteiger partial charge in [0.2, 0.25) is 0 Å². The number of ether oxygens (including phenoxy) is 2. The summed E-state index contributed by atoms with van der Waals surface area (Å²) in [5.41, 5.74) is 4.25. The fourth-order valence-corrected chi connectivity index (χ4v) is 3.41. The average molecular weight is 367 g/mol. The summed E-state index contributed by atoms with van der Waals surface area (Å²) in [5.74, 6) is 0.447. The predicted molar refractivity (Wildman–Crippen MR) is 104 cm³/mol. The number of nitrogens with zero attached hydrogens (tertiary/aromatic N) is 1. The van der Waals surface area contributed by atoms with Gasteiger partial charge in [0.25, 0.3) is 0 Å². The van der Waals surface area contributed by atoms with E-state index in [1.165, 1.54) is 22.5 Å². The van der Waals surface area contributed by atoms with Crippen LogP contribution >= 0.6 is 11.3 Å². The van der Waals surface area contributed by atoms with Gasteiger partial charge in [0, 0.05) is 0 Å². The van der Waals surface area contributed by atoms with Crippen molar-refractivity contribution in [3.63, 3.8) is 0 Å². The topological polar surface area (TPSA) is 48.4 Å². The van der Waals surface area contributed by atoms with E-state index < -0.39 is 0 Å². The molecule has 1 aromatic heterocycles. The average Bonchev–Trinajstić information content (AvgIpc) is 3.02. The fourth-order valence-electron chi connectivity index (χ4n) is 2.53. The molecule has 5 heteroatoms. The molecule has 0 atom stereocenters. The highest BCUT2D eigenvalue weighted by Gasteiger charge is 2.16. The highest BCUT2D eigenvalue weighted by molar-refractivity contribution is 7.13. The lowest BCUT2D eigenvalue weighted by Gasteiger charge is -2.06. The zero-order valence-corrected chi connectivity index (χ0v) is 15.9. The van der Waals surface area contributed by atoms with Crippen molar-refractivity contribution in [2.24, 2.45) is 0 Å².